The zero-order valence-corrected chi connectivity index (χ0v) is 14.7. The smallest absolute Gasteiger partial charge is 0.260 e. The van der Waals surface area contributed by atoms with Gasteiger partial charge in [0.25, 0.3) is 5.91 Å². The number of aryl methyl sites for hydroxylation is 1. The fourth-order valence-corrected chi connectivity index (χ4v) is 4.22. The summed E-state index contributed by atoms with van der Waals surface area (Å²) in [5, 5.41) is 0.407. The molecule has 2 aliphatic rings. The number of amides is 1. The lowest BCUT2D eigenvalue weighted by molar-refractivity contribution is -0.886. The van der Waals surface area contributed by atoms with Crippen molar-refractivity contribution in [2.75, 3.05) is 25.0 Å². The van der Waals surface area contributed by atoms with Crippen LogP contribution in [0.3, 0.4) is 0 Å². The number of likely N-dealkylation sites (N-methyl/N-ethyl adjacent to an activating group) is 1. The van der Waals surface area contributed by atoms with E-state index in [1.807, 2.05) is 4.90 Å². The summed E-state index contributed by atoms with van der Waals surface area (Å²) in [6.07, 6.45) is 2.60. The van der Waals surface area contributed by atoms with Crippen molar-refractivity contribution >= 4 is 23.2 Å². The molecule has 0 radical (unpaired) electrons. The Morgan fingerprint density at radius 3 is 2.92 bits per heavy atom. The second kappa shape index (κ2) is 5.87. The molecule has 1 aromatic carbocycles. The Morgan fingerprint density at radius 1 is 1.33 bits per heavy atom. The molecule has 4 rings (SSSR count). The molecule has 124 valence electrons. The molecule has 1 amide bonds. The number of carbonyl (C=O) groups excluding carboxylic acids is 1. The normalized spacial score (nSPS) is 25.3. The average Bonchev–Trinajstić information content (AvgIpc) is 2.88. The highest BCUT2D eigenvalue weighted by atomic mass is 35.5. The Labute approximate surface area is 147 Å². The summed E-state index contributed by atoms with van der Waals surface area (Å²) in [5.41, 5.74) is 4.22. The topological polar surface area (TPSA) is 37.6 Å². The van der Waals surface area contributed by atoms with Crippen molar-refractivity contribution in [2.45, 2.75) is 25.3 Å². The number of piperidine rings is 1. The molecule has 1 saturated heterocycles. The van der Waals surface area contributed by atoms with Crippen molar-refractivity contribution in [3.63, 3.8) is 0 Å². The van der Waals surface area contributed by atoms with Crippen molar-refractivity contribution in [2.24, 2.45) is 0 Å². The third-order valence-corrected chi connectivity index (χ3v) is 5.49. The lowest BCUT2D eigenvalue weighted by Gasteiger charge is -2.34. The summed E-state index contributed by atoms with van der Waals surface area (Å²) < 4.78 is 0. The van der Waals surface area contributed by atoms with Gasteiger partial charge in [0.15, 0.2) is 0 Å². The summed E-state index contributed by atoms with van der Waals surface area (Å²) in [7, 11) is 2.24. The molecule has 0 spiro atoms. The standard InChI is InChI=1S/C19H20ClN3O/c1-12-3-5-16-14(9-12)15-11-22(2)8-7-17(15)23(16)19(24)13-4-6-18(20)21-10-13/h3-6,9-10,15,17H,7-8,11H2,1-2H3/p+1/t15-,17+/m1/s1. The minimum atomic E-state index is 0.0244. The molecule has 1 N–H and O–H groups in total. The maximum atomic E-state index is 13.2. The first-order valence-corrected chi connectivity index (χ1v) is 8.79. The van der Waals surface area contributed by atoms with Gasteiger partial charge in [-0.05, 0) is 30.7 Å². The first kappa shape index (κ1) is 15.6. The number of carbonyl (C=O) groups is 1. The molecular formula is C19H21ClN3O+. The van der Waals surface area contributed by atoms with Crippen LogP contribution < -0.4 is 9.80 Å². The van der Waals surface area contributed by atoms with Crippen LogP contribution in [0.5, 0.6) is 0 Å². The predicted octanol–water partition coefficient (Wildman–Crippen LogP) is 2.07. The SMILES string of the molecule is Cc1ccc2c(c1)[C@H]1C[NH+](C)CC[C@@H]1N2C(=O)c1ccc(Cl)nc1. The lowest BCUT2D eigenvalue weighted by atomic mass is 9.89. The van der Waals surface area contributed by atoms with Gasteiger partial charge in [-0.25, -0.2) is 4.98 Å². The zero-order valence-electron chi connectivity index (χ0n) is 13.9. The van der Waals surface area contributed by atoms with Gasteiger partial charge in [0.05, 0.1) is 37.7 Å². The van der Waals surface area contributed by atoms with Crippen LogP contribution in [0.4, 0.5) is 5.69 Å². The van der Waals surface area contributed by atoms with Crippen molar-refractivity contribution in [3.05, 3.63) is 58.4 Å². The van der Waals surface area contributed by atoms with E-state index in [0.717, 1.165) is 25.2 Å². The monoisotopic (exact) mass is 342 g/mol. The van der Waals surface area contributed by atoms with E-state index < -0.39 is 0 Å². The fraction of sp³-hybridized carbons (Fsp3) is 0.368. The van der Waals surface area contributed by atoms with Crippen molar-refractivity contribution in [3.8, 4) is 0 Å². The third-order valence-electron chi connectivity index (χ3n) is 5.27. The van der Waals surface area contributed by atoms with Crippen LogP contribution >= 0.6 is 11.6 Å². The zero-order chi connectivity index (χ0) is 16.8. The number of rotatable bonds is 1. The van der Waals surface area contributed by atoms with Gasteiger partial charge in [-0.3, -0.25) is 4.79 Å². The van der Waals surface area contributed by atoms with Crippen molar-refractivity contribution in [1.82, 2.24) is 4.98 Å². The molecule has 3 heterocycles. The first-order chi connectivity index (χ1) is 11.5. The lowest BCUT2D eigenvalue weighted by Crippen LogP contribution is -3.11. The minimum absolute atomic E-state index is 0.0244. The first-order valence-electron chi connectivity index (χ1n) is 8.41. The number of hydrogen-bond acceptors (Lipinski definition) is 2. The number of benzene rings is 1. The van der Waals surface area contributed by atoms with Gasteiger partial charge < -0.3 is 9.80 Å². The van der Waals surface area contributed by atoms with Crippen LogP contribution in [0.2, 0.25) is 5.15 Å². The van der Waals surface area contributed by atoms with E-state index in [1.165, 1.54) is 16.0 Å². The van der Waals surface area contributed by atoms with Crippen molar-refractivity contribution < 1.29 is 9.69 Å². The van der Waals surface area contributed by atoms with Crippen LogP contribution in [0.15, 0.2) is 36.5 Å². The molecule has 1 unspecified atom stereocenters. The van der Waals surface area contributed by atoms with Crippen LogP contribution in [-0.4, -0.2) is 37.1 Å². The summed E-state index contributed by atoms with van der Waals surface area (Å²) in [5.74, 6) is 0.439. The number of hydrogen-bond donors (Lipinski definition) is 1. The maximum Gasteiger partial charge on any atom is 0.260 e. The van der Waals surface area contributed by atoms with Crippen LogP contribution in [0, 0.1) is 6.92 Å². The van der Waals surface area contributed by atoms with Gasteiger partial charge >= 0.3 is 0 Å². The van der Waals surface area contributed by atoms with E-state index in [1.54, 1.807) is 18.3 Å². The van der Waals surface area contributed by atoms with Gasteiger partial charge in [-0.1, -0.05) is 29.3 Å². The molecule has 4 nitrogen and oxygen atoms in total. The Balaban J connectivity index is 1.77. The molecular weight excluding hydrogens is 322 g/mol. The van der Waals surface area contributed by atoms with E-state index in [-0.39, 0.29) is 11.9 Å². The highest BCUT2D eigenvalue weighted by molar-refractivity contribution is 6.29. The number of anilines is 1. The van der Waals surface area contributed by atoms with Gasteiger partial charge in [-0.15, -0.1) is 0 Å². The summed E-state index contributed by atoms with van der Waals surface area (Å²) >= 11 is 5.86. The number of likely N-dealkylation sites (tertiary alicyclic amines) is 1. The summed E-state index contributed by atoms with van der Waals surface area (Å²) in [4.78, 5) is 20.8. The number of quaternary nitrogens is 1. The van der Waals surface area contributed by atoms with E-state index in [9.17, 15) is 4.79 Å². The Hall–Kier alpha value is -1.91. The number of pyridine rings is 1. The average molecular weight is 343 g/mol. The maximum absolute atomic E-state index is 13.2. The van der Waals surface area contributed by atoms with Gasteiger partial charge in [0, 0.05) is 18.3 Å². The minimum Gasteiger partial charge on any atom is -0.337 e. The van der Waals surface area contributed by atoms with E-state index in [4.69, 9.17) is 11.6 Å². The number of nitrogens with one attached hydrogen (secondary N) is 1. The molecule has 0 aliphatic carbocycles. The van der Waals surface area contributed by atoms with Gasteiger partial charge in [0.2, 0.25) is 0 Å². The van der Waals surface area contributed by atoms with E-state index in [2.05, 4.69) is 37.2 Å². The summed E-state index contributed by atoms with van der Waals surface area (Å²) in [6.45, 7) is 4.28. The second-order valence-electron chi connectivity index (χ2n) is 6.98. The molecule has 3 atom stereocenters. The quantitative estimate of drug-likeness (QED) is 0.806. The number of aromatic nitrogens is 1. The molecule has 0 saturated carbocycles. The number of fused-ring (bicyclic) bond motifs is 3. The summed E-state index contributed by atoms with van der Waals surface area (Å²) in [6, 6.07) is 10.1. The molecule has 0 bridgehead atoms. The highest BCUT2D eigenvalue weighted by Gasteiger charge is 2.45. The van der Waals surface area contributed by atoms with Gasteiger partial charge in [-0.2, -0.15) is 0 Å². The third kappa shape index (κ3) is 2.50. The van der Waals surface area contributed by atoms with Gasteiger partial charge in [0.1, 0.15) is 5.15 Å². The van der Waals surface area contributed by atoms with Crippen molar-refractivity contribution in [1.29, 1.82) is 0 Å². The van der Waals surface area contributed by atoms with Crippen LogP contribution in [0.25, 0.3) is 0 Å². The number of halogens is 1. The Morgan fingerprint density at radius 2 is 2.17 bits per heavy atom. The van der Waals surface area contributed by atoms with E-state index >= 15 is 0 Å². The Kier molecular flexibility index (Phi) is 3.82. The van der Waals surface area contributed by atoms with Crippen LogP contribution in [0.1, 0.15) is 33.8 Å². The molecule has 2 aliphatic heterocycles. The number of nitrogens with zero attached hydrogens (tertiary/aromatic N) is 2. The predicted molar refractivity (Wildman–Crippen MR) is 95.0 cm³/mol. The molecule has 5 heteroatoms. The highest BCUT2D eigenvalue weighted by Crippen LogP contribution is 2.43. The molecule has 1 fully saturated rings. The largest absolute Gasteiger partial charge is 0.337 e. The second-order valence-corrected chi connectivity index (χ2v) is 7.37. The molecule has 2 aromatic rings. The molecule has 24 heavy (non-hydrogen) atoms. The Bertz CT molecular complexity index is 790. The van der Waals surface area contributed by atoms with E-state index in [0.29, 0.717) is 16.6 Å². The fourth-order valence-electron chi connectivity index (χ4n) is 4.11. The molecule has 1 aromatic heterocycles. The van der Waals surface area contributed by atoms with Crippen LogP contribution in [-0.2, 0) is 0 Å².